The van der Waals surface area contributed by atoms with Crippen molar-refractivity contribution >= 4 is 46.5 Å². The molecule has 53 heavy (non-hydrogen) atoms. The number of likely N-dealkylation sites (N-methyl/N-ethyl adjacent to an activating group) is 1. The van der Waals surface area contributed by atoms with Gasteiger partial charge < -0.3 is 61.7 Å². The lowest BCUT2D eigenvalue weighted by molar-refractivity contribution is -0.257. The quantitative estimate of drug-likeness (QED) is 0.108. The number of carbonyl (C=O) groups excluding carboxylic acids is 4. The van der Waals surface area contributed by atoms with Crippen LogP contribution in [0.4, 0.5) is 11.4 Å². The van der Waals surface area contributed by atoms with Gasteiger partial charge >= 0.3 is 5.97 Å². The number of fused-ring (bicyclic) bond motifs is 3. The zero-order valence-electron chi connectivity index (χ0n) is 30.4. The molecule has 9 atom stereocenters. The molecule has 18 heteroatoms. The number of hydrogen-bond donors (Lipinski definition) is 10. The van der Waals surface area contributed by atoms with Crippen LogP contribution >= 0.6 is 0 Å². The molecular weight excluding hydrogens is 698 g/mol. The number of aliphatic hydroxyl groups is 5. The van der Waals surface area contributed by atoms with Gasteiger partial charge in [0, 0.05) is 36.8 Å². The van der Waals surface area contributed by atoms with E-state index in [1.54, 1.807) is 19.0 Å². The molecule has 2 amide bonds. The Morgan fingerprint density at radius 3 is 2.17 bits per heavy atom. The number of primary amides is 1. The third-order valence-corrected chi connectivity index (χ3v) is 10.6. The maximum absolute atomic E-state index is 15.3. The van der Waals surface area contributed by atoms with E-state index in [0.717, 1.165) is 0 Å². The number of nitrogens with zero attached hydrogens (tertiary/aromatic N) is 2. The van der Waals surface area contributed by atoms with Gasteiger partial charge in [0.2, 0.25) is 5.91 Å². The van der Waals surface area contributed by atoms with Gasteiger partial charge in [-0.05, 0) is 65.3 Å². The van der Waals surface area contributed by atoms with Crippen molar-refractivity contribution in [3.8, 4) is 5.75 Å². The SMILES string of the molecule is CN(C)c1cc(NC(=O)CNC(C)(C)C)c(O)c2c1C[C@H]1C[C@H]3[C@H](N(C)C)C(=O)C(C(N)=O)=C(O)[C@@]3(C3O[C@H](C(=O)O)[C@@H](O)[C@H](O)[C@H]3O)C(=O)C1=C2O. The lowest BCUT2D eigenvalue weighted by Gasteiger charge is -2.57. The maximum Gasteiger partial charge on any atom is 0.335 e. The van der Waals surface area contributed by atoms with Crippen molar-refractivity contribution in [3.63, 3.8) is 0 Å². The fraction of sp³-hybridized carbons (Fsp3) is 0.571. The van der Waals surface area contributed by atoms with Crippen LogP contribution in [0.15, 0.2) is 23.0 Å². The number of ether oxygens (including phenoxy) is 1. The van der Waals surface area contributed by atoms with Gasteiger partial charge in [-0.15, -0.1) is 0 Å². The first-order chi connectivity index (χ1) is 24.5. The largest absolute Gasteiger partial charge is 0.510 e. The number of benzene rings is 1. The summed E-state index contributed by atoms with van der Waals surface area (Å²) in [6.45, 7) is 5.41. The van der Waals surface area contributed by atoms with Crippen molar-refractivity contribution in [2.24, 2.45) is 23.0 Å². The molecule has 0 radical (unpaired) electrons. The first-order valence-corrected chi connectivity index (χ1v) is 16.9. The summed E-state index contributed by atoms with van der Waals surface area (Å²) in [5.74, 6) is -11.0. The van der Waals surface area contributed by atoms with E-state index in [-0.39, 0.29) is 30.6 Å². The standard InChI is InChI=1S/C35H47N5O13/c1-34(2,3)37-11-17(41)38-15-10-16(39(4)5)13-8-12-9-14-21(40(6)7)24(44)20(32(36)50)30(49)35(14,29(48)18(12)23(43)19(13)22(15)42)31-27(47)25(45)26(46)28(53-31)33(51)52/h10,12,14,21,25-28,31,37,42-43,45-47,49H,8-9,11H2,1-7H3,(H2,36,50)(H,38,41)(H,51,52)/t12-,14-,21-,25-,26-,27+,28-,31?,35-/m0/s1. The Morgan fingerprint density at radius 1 is 1.02 bits per heavy atom. The van der Waals surface area contributed by atoms with Crippen molar-refractivity contribution in [2.75, 3.05) is 45.0 Å². The number of aromatic hydroxyl groups is 1. The number of anilines is 2. The monoisotopic (exact) mass is 745 g/mol. The normalized spacial score (nSPS) is 31.5. The van der Waals surface area contributed by atoms with Gasteiger partial charge in [-0.1, -0.05) is 0 Å². The number of allylic oxidation sites excluding steroid dienone is 1. The summed E-state index contributed by atoms with van der Waals surface area (Å²) in [6.07, 6.45) is -11.5. The van der Waals surface area contributed by atoms with Gasteiger partial charge in [0.05, 0.1) is 23.8 Å². The van der Waals surface area contributed by atoms with E-state index in [9.17, 15) is 54.9 Å². The smallest absolute Gasteiger partial charge is 0.335 e. The molecule has 5 rings (SSSR count). The number of hydrogen-bond acceptors (Lipinski definition) is 15. The molecule has 1 heterocycles. The lowest BCUT2D eigenvalue weighted by atomic mass is 9.49. The number of aliphatic hydroxyl groups excluding tert-OH is 5. The Hall–Kier alpha value is -4.59. The second-order valence-corrected chi connectivity index (χ2v) is 15.5. The van der Waals surface area contributed by atoms with Gasteiger partial charge in [-0.3, -0.25) is 24.1 Å². The van der Waals surface area contributed by atoms with Crippen LogP contribution in [0.2, 0.25) is 0 Å². The van der Waals surface area contributed by atoms with E-state index in [2.05, 4.69) is 10.6 Å². The molecule has 1 unspecified atom stereocenters. The van der Waals surface area contributed by atoms with Crippen LogP contribution in [-0.2, 0) is 35.1 Å². The second-order valence-electron chi connectivity index (χ2n) is 15.5. The highest BCUT2D eigenvalue weighted by atomic mass is 16.6. The average Bonchev–Trinajstić information content (AvgIpc) is 3.03. The van der Waals surface area contributed by atoms with Crippen LogP contribution in [0.3, 0.4) is 0 Å². The summed E-state index contributed by atoms with van der Waals surface area (Å²) in [5, 5.41) is 84.0. The summed E-state index contributed by atoms with van der Waals surface area (Å²) in [5.41, 5.74) is 1.37. The van der Waals surface area contributed by atoms with Crippen molar-refractivity contribution in [2.45, 2.75) is 75.7 Å². The summed E-state index contributed by atoms with van der Waals surface area (Å²) >= 11 is 0. The first kappa shape index (κ1) is 39.6. The Morgan fingerprint density at radius 2 is 1.64 bits per heavy atom. The van der Waals surface area contributed by atoms with E-state index < -0.39 is 117 Å². The minimum atomic E-state index is -2.76. The number of aliphatic carboxylic acids is 1. The molecule has 11 N–H and O–H groups in total. The summed E-state index contributed by atoms with van der Waals surface area (Å²) in [7, 11) is 6.26. The summed E-state index contributed by atoms with van der Waals surface area (Å²) in [6, 6.07) is 0.0773. The topological polar surface area (TPSA) is 293 Å². The van der Waals surface area contributed by atoms with Crippen molar-refractivity contribution in [3.05, 3.63) is 34.1 Å². The van der Waals surface area contributed by atoms with E-state index in [0.29, 0.717) is 11.3 Å². The molecule has 1 saturated carbocycles. The lowest BCUT2D eigenvalue weighted by Crippen LogP contribution is -2.72. The highest BCUT2D eigenvalue weighted by Crippen LogP contribution is 2.61. The van der Waals surface area contributed by atoms with E-state index in [1.807, 2.05) is 20.8 Å². The first-order valence-electron chi connectivity index (χ1n) is 16.9. The molecule has 18 nitrogen and oxygen atoms in total. The van der Waals surface area contributed by atoms with Gasteiger partial charge in [-0.2, -0.15) is 0 Å². The van der Waals surface area contributed by atoms with E-state index in [1.165, 1.54) is 25.1 Å². The number of ketones is 2. The molecule has 4 aliphatic rings. The number of Topliss-reactive ketones (excluding diaryl/α,β-unsaturated/α-hetero) is 2. The molecule has 1 aromatic carbocycles. The molecular formula is C35H47N5O13. The molecule has 0 bridgehead atoms. The van der Waals surface area contributed by atoms with Crippen LogP contribution in [0.25, 0.3) is 5.76 Å². The van der Waals surface area contributed by atoms with Crippen molar-refractivity contribution in [1.29, 1.82) is 0 Å². The number of nitrogens with one attached hydrogen (secondary N) is 2. The number of carboxylic acids is 1. The van der Waals surface area contributed by atoms with Crippen LogP contribution in [0.1, 0.15) is 38.3 Å². The third kappa shape index (κ3) is 6.22. The Balaban J connectivity index is 1.80. The highest BCUT2D eigenvalue weighted by molar-refractivity contribution is 6.24. The minimum Gasteiger partial charge on any atom is -0.510 e. The van der Waals surface area contributed by atoms with Crippen LogP contribution < -0.4 is 21.3 Å². The van der Waals surface area contributed by atoms with E-state index >= 15 is 4.79 Å². The maximum atomic E-state index is 15.3. The Labute approximate surface area is 304 Å². The Bertz CT molecular complexity index is 1830. The van der Waals surface area contributed by atoms with E-state index in [4.69, 9.17) is 10.5 Å². The summed E-state index contributed by atoms with van der Waals surface area (Å²) < 4.78 is 5.67. The van der Waals surface area contributed by atoms with Gasteiger partial charge in [0.25, 0.3) is 5.91 Å². The number of phenols is 1. The molecule has 1 aliphatic heterocycles. The second kappa shape index (κ2) is 13.7. The predicted octanol–water partition coefficient (Wildman–Crippen LogP) is -1.45. The molecule has 1 saturated heterocycles. The zero-order valence-corrected chi connectivity index (χ0v) is 30.4. The van der Waals surface area contributed by atoms with Gasteiger partial charge in [-0.25, -0.2) is 4.79 Å². The third-order valence-electron chi connectivity index (χ3n) is 10.6. The van der Waals surface area contributed by atoms with Crippen molar-refractivity contribution in [1.82, 2.24) is 10.2 Å². The number of rotatable bonds is 8. The fourth-order valence-corrected chi connectivity index (χ4v) is 8.33. The van der Waals surface area contributed by atoms with Gasteiger partial charge in [0.15, 0.2) is 17.7 Å². The van der Waals surface area contributed by atoms with Crippen LogP contribution in [0.5, 0.6) is 5.75 Å². The number of amides is 2. The Kier molecular flexibility index (Phi) is 10.2. The number of phenolic OH excluding ortho intramolecular Hbond substituents is 1. The molecule has 0 aromatic heterocycles. The molecule has 3 aliphatic carbocycles. The van der Waals surface area contributed by atoms with Gasteiger partial charge in [0.1, 0.15) is 52.7 Å². The highest BCUT2D eigenvalue weighted by Gasteiger charge is 2.71. The molecule has 0 spiro atoms. The molecule has 290 valence electrons. The average molecular weight is 746 g/mol. The van der Waals surface area contributed by atoms with Crippen LogP contribution in [0, 0.1) is 17.3 Å². The summed E-state index contributed by atoms with van der Waals surface area (Å²) in [4.78, 5) is 70.2. The van der Waals surface area contributed by atoms with Crippen LogP contribution in [-0.4, -0.2) is 147 Å². The number of nitrogens with two attached hydrogens (primary N) is 1. The van der Waals surface area contributed by atoms with Crippen molar-refractivity contribution < 1.29 is 64.5 Å². The minimum absolute atomic E-state index is 0.0391. The number of carboxylic acid groups (broad SMARTS) is 1. The number of carbonyl (C=O) groups is 5. The zero-order chi connectivity index (χ0) is 39.8. The fourth-order valence-electron chi connectivity index (χ4n) is 8.33. The predicted molar refractivity (Wildman–Crippen MR) is 187 cm³/mol. The molecule has 2 fully saturated rings. The molecule has 1 aromatic rings.